The molecule has 0 aliphatic carbocycles. The molecule has 0 atom stereocenters. The van der Waals surface area contributed by atoms with Gasteiger partial charge in [0.05, 0.1) is 6.61 Å². The van der Waals surface area contributed by atoms with Gasteiger partial charge >= 0.3 is 0 Å². The van der Waals surface area contributed by atoms with Crippen molar-refractivity contribution in [2.24, 2.45) is 0 Å². The second-order valence-electron chi connectivity index (χ2n) is 7.17. The number of hydrogen-bond donors (Lipinski definition) is 0. The van der Waals surface area contributed by atoms with Crippen LogP contribution >= 0.6 is 11.6 Å². The molecule has 2 rings (SSSR count). The van der Waals surface area contributed by atoms with Crippen molar-refractivity contribution < 1.29 is 14.3 Å². The zero-order valence-corrected chi connectivity index (χ0v) is 18.3. The zero-order chi connectivity index (χ0) is 21.4. The van der Waals surface area contributed by atoms with Crippen LogP contribution in [0.3, 0.4) is 0 Å². The average Bonchev–Trinajstić information content (AvgIpc) is 2.70. The molecule has 0 aliphatic rings. The lowest BCUT2D eigenvalue weighted by molar-refractivity contribution is -0.131. The maximum Gasteiger partial charge on any atom is 0.253 e. The van der Waals surface area contributed by atoms with Crippen LogP contribution in [-0.2, 0) is 11.3 Å². The van der Waals surface area contributed by atoms with Crippen LogP contribution in [0.5, 0.6) is 5.75 Å². The normalized spacial score (nSPS) is 10.5. The van der Waals surface area contributed by atoms with E-state index >= 15 is 0 Å². The fourth-order valence-corrected chi connectivity index (χ4v) is 3.17. The van der Waals surface area contributed by atoms with E-state index in [0.29, 0.717) is 43.1 Å². The van der Waals surface area contributed by atoms with Crippen molar-refractivity contribution in [3.8, 4) is 5.75 Å². The van der Waals surface area contributed by atoms with Gasteiger partial charge in [-0.05, 0) is 61.7 Å². The van der Waals surface area contributed by atoms with E-state index < -0.39 is 0 Å². The maximum absolute atomic E-state index is 12.6. The van der Waals surface area contributed by atoms with Gasteiger partial charge in [-0.2, -0.15) is 0 Å². The monoisotopic (exact) mass is 416 g/mol. The van der Waals surface area contributed by atoms with Gasteiger partial charge in [-0.1, -0.05) is 23.7 Å². The van der Waals surface area contributed by atoms with E-state index in [1.54, 1.807) is 37.2 Å². The Balaban J connectivity index is 1.83. The Morgan fingerprint density at radius 1 is 1.07 bits per heavy atom. The standard InChI is InChI=1S/C23H29ClN2O3/c1-5-26(16-18-8-10-19(11-9-18)23(28)25(3)4)22(27)7-6-14-29-21-13-12-20(24)15-17(21)2/h8-13,15H,5-7,14,16H2,1-4H3. The third kappa shape index (κ3) is 6.79. The van der Waals surface area contributed by atoms with Gasteiger partial charge in [0.25, 0.3) is 5.91 Å². The molecular formula is C23H29ClN2O3. The first kappa shape index (κ1) is 22.8. The molecule has 0 unspecified atom stereocenters. The lowest BCUT2D eigenvalue weighted by atomic mass is 10.1. The molecule has 0 N–H and O–H groups in total. The van der Waals surface area contributed by atoms with Gasteiger partial charge in [0.2, 0.25) is 5.91 Å². The Bertz CT molecular complexity index is 835. The molecule has 0 aliphatic heterocycles. The summed E-state index contributed by atoms with van der Waals surface area (Å²) < 4.78 is 5.76. The molecule has 29 heavy (non-hydrogen) atoms. The van der Waals surface area contributed by atoms with Crippen molar-refractivity contribution in [1.82, 2.24) is 9.80 Å². The second kappa shape index (κ2) is 10.9. The van der Waals surface area contributed by atoms with Crippen molar-refractivity contribution >= 4 is 23.4 Å². The number of halogens is 1. The fraction of sp³-hybridized carbons (Fsp3) is 0.391. The largest absolute Gasteiger partial charge is 0.493 e. The van der Waals surface area contributed by atoms with Crippen molar-refractivity contribution in [1.29, 1.82) is 0 Å². The van der Waals surface area contributed by atoms with Gasteiger partial charge in [0, 0.05) is 44.2 Å². The molecule has 0 saturated heterocycles. The molecular weight excluding hydrogens is 388 g/mol. The Hall–Kier alpha value is -2.53. The Morgan fingerprint density at radius 2 is 1.76 bits per heavy atom. The first-order chi connectivity index (χ1) is 13.8. The third-order valence-electron chi connectivity index (χ3n) is 4.64. The summed E-state index contributed by atoms with van der Waals surface area (Å²) in [5, 5.41) is 0.683. The van der Waals surface area contributed by atoms with E-state index in [-0.39, 0.29) is 11.8 Å². The predicted molar refractivity (Wildman–Crippen MR) is 116 cm³/mol. The van der Waals surface area contributed by atoms with Gasteiger partial charge in [0.15, 0.2) is 0 Å². The number of rotatable bonds is 9. The topological polar surface area (TPSA) is 49.9 Å². The minimum absolute atomic E-state index is 0.0316. The van der Waals surface area contributed by atoms with Crippen LogP contribution in [0.2, 0.25) is 5.02 Å². The highest BCUT2D eigenvalue weighted by Gasteiger charge is 2.13. The molecule has 0 bridgehead atoms. The van der Waals surface area contributed by atoms with Crippen LogP contribution in [-0.4, -0.2) is 48.9 Å². The molecule has 0 fully saturated rings. The van der Waals surface area contributed by atoms with Gasteiger partial charge < -0.3 is 14.5 Å². The summed E-state index contributed by atoms with van der Waals surface area (Å²) in [5.41, 5.74) is 2.63. The molecule has 0 heterocycles. The van der Waals surface area contributed by atoms with E-state index in [1.807, 2.05) is 43.0 Å². The predicted octanol–water partition coefficient (Wildman–Crippen LogP) is 4.56. The summed E-state index contributed by atoms with van der Waals surface area (Å²) in [5.74, 6) is 0.856. The number of amides is 2. The molecule has 2 aromatic carbocycles. The van der Waals surface area contributed by atoms with Crippen molar-refractivity contribution in [2.75, 3.05) is 27.2 Å². The molecule has 6 heteroatoms. The molecule has 2 amide bonds. The van der Waals surface area contributed by atoms with Crippen LogP contribution in [0.4, 0.5) is 0 Å². The number of hydrogen-bond acceptors (Lipinski definition) is 3. The third-order valence-corrected chi connectivity index (χ3v) is 4.88. The smallest absolute Gasteiger partial charge is 0.253 e. The quantitative estimate of drug-likeness (QED) is 0.563. The van der Waals surface area contributed by atoms with Gasteiger partial charge in [-0.15, -0.1) is 0 Å². The molecule has 0 saturated carbocycles. The van der Waals surface area contributed by atoms with Gasteiger partial charge in [-0.25, -0.2) is 0 Å². The van der Waals surface area contributed by atoms with Crippen LogP contribution < -0.4 is 4.74 Å². The summed E-state index contributed by atoms with van der Waals surface area (Å²) in [6.45, 7) is 5.56. The summed E-state index contributed by atoms with van der Waals surface area (Å²) in [6.07, 6.45) is 1.07. The number of nitrogens with zero attached hydrogens (tertiary/aromatic N) is 2. The van der Waals surface area contributed by atoms with Gasteiger partial charge in [0.1, 0.15) is 5.75 Å². The summed E-state index contributed by atoms with van der Waals surface area (Å²) in [7, 11) is 3.46. The lowest BCUT2D eigenvalue weighted by Crippen LogP contribution is -2.30. The minimum atomic E-state index is -0.0316. The molecule has 0 spiro atoms. The summed E-state index contributed by atoms with van der Waals surface area (Å²) in [4.78, 5) is 27.9. The van der Waals surface area contributed by atoms with Crippen LogP contribution in [0.1, 0.15) is 41.3 Å². The molecule has 0 aromatic heterocycles. The van der Waals surface area contributed by atoms with E-state index in [1.165, 1.54) is 0 Å². The lowest BCUT2D eigenvalue weighted by Gasteiger charge is -2.21. The number of aryl methyl sites for hydroxylation is 1. The van der Waals surface area contributed by atoms with Crippen molar-refractivity contribution in [2.45, 2.75) is 33.2 Å². The molecule has 5 nitrogen and oxygen atoms in total. The first-order valence-corrected chi connectivity index (χ1v) is 10.2. The average molecular weight is 417 g/mol. The minimum Gasteiger partial charge on any atom is -0.493 e. The second-order valence-corrected chi connectivity index (χ2v) is 7.60. The fourth-order valence-electron chi connectivity index (χ4n) is 2.95. The number of carbonyl (C=O) groups excluding carboxylic acids is 2. The summed E-state index contributed by atoms with van der Waals surface area (Å²) in [6, 6.07) is 12.9. The Morgan fingerprint density at radius 3 is 2.34 bits per heavy atom. The SMILES string of the molecule is CCN(Cc1ccc(C(=O)N(C)C)cc1)C(=O)CCCOc1ccc(Cl)cc1C. The maximum atomic E-state index is 12.6. The Kier molecular flexibility index (Phi) is 8.52. The number of benzene rings is 2. The summed E-state index contributed by atoms with van der Waals surface area (Å²) >= 11 is 5.95. The van der Waals surface area contributed by atoms with Crippen molar-refractivity contribution in [3.05, 3.63) is 64.2 Å². The van der Waals surface area contributed by atoms with Crippen molar-refractivity contribution in [3.63, 3.8) is 0 Å². The van der Waals surface area contributed by atoms with Crippen LogP contribution in [0, 0.1) is 6.92 Å². The molecule has 156 valence electrons. The van der Waals surface area contributed by atoms with Crippen LogP contribution in [0.15, 0.2) is 42.5 Å². The zero-order valence-electron chi connectivity index (χ0n) is 17.6. The highest BCUT2D eigenvalue weighted by Crippen LogP contribution is 2.22. The number of carbonyl (C=O) groups is 2. The number of ether oxygens (including phenoxy) is 1. The Labute approximate surface area is 178 Å². The van der Waals surface area contributed by atoms with E-state index in [2.05, 4.69) is 0 Å². The highest BCUT2D eigenvalue weighted by atomic mass is 35.5. The molecule has 2 aromatic rings. The van der Waals surface area contributed by atoms with E-state index in [4.69, 9.17) is 16.3 Å². The van der Waals surface area contributed by atoms with Gasteiger partial charge in [-0.3, -0.25) is 9.59 Å². The van der Waals surface area contributed by atoms with E-state index in [0.717, 1.165) is 16.9 Å². The van der Waals surface area contributed by atoms with E-state index in [9.17, 15) is 9.59 Å². The molecule has 0 radical (unpaired) electrons. The highest BCUT2D eigenvalue weighted by molar-refractivity contribution is 6.30. The van der Waals surface area contributed by atoms with Crippen LogP contribution in [0.25, 0.3) is 0 Å². The first-order valence-electron chi connectivity index (χ1n) is 9.79.